The van der Waals surface area contributed by atoms with Gasteiger partial charge in [-0.1, -0.05) is 34.6 Å². The molecule has 1 aromatic heterocycles. The first-order valence-corrected chi connectivity index (χ1v) is 6.16. The van der Waals surface area contributed by atoms with Crippen LogP contribution < -0.4 is 0 Å². The van der Waals surface area contributed by atoms with Crippen LogP contribution in [0.3, 0.4) is 0 Å². The Bertz CT molecular complexity index is 190. The Kier molecular flexibility index (Phi) is 4.40. The van der Waals surface area contributed by atoms with E-state index in [9.17, 15) is 0 Å². The van der Waals surface area contributed by atoms with Crippen molar-refractivity contribution < 1.29 is 0 Å². The van der Waals surface area contributed by atoms with Gasteiger partial charge in [0.25, 0.3) is 0 Å². The second kappa shape index (κ2) is 5.11. The van der Waals surface area contributed by atoms with E-state index in [-0.39, 0.29) is 0 Å². The highest BCUT2D eigenvalue weighted by Crippen LogP contribution is 2.21. The summed E-state index contributed by atoms with van der Waals surface area (Å²) in [4.78, 5) is 4.08. The molecule has 0 fully saturated rings. The number of nitrogens with zero attached hydrogens (tertiary/aromatic N) is 2. The molecule has 0 aliphatic heterocycles. The van der Waals surface area contributed by atoms with Crippen LogP contribution in [0.4, 0.5) is 0 Å². The molecule has 0 bridgehead atoms. The van der Waals surface area contributed by atoms with E-state index < -0.39 is 0 Å². The first kappa shape index (κ1) is 9.48. The summed E-state index contributed by atoms with van der Waals surface area (Å²) in [5.74, 6) is 1.81. The fourth-order valence-corrected chi connectivity index (χ4v) is 2.51. The van der Waals surface area contributed by atoms with Crippen molar-refractivity contribution in [3.63, 3.8) is 0 Å². The molecule has 1 aromatic rings. The van der Waals surface area contributed by atoms with Gasteiger partial charge in [0.15, 0.2) is 4.34 Å². The minimum absolute atomic E-state index is 0.698. The zero-order valence-electron chi connectivity index (χ0n) is 6.16. The molecule has 11 heavy (non-hydrogen) atoms. The molecule has 0 N–H and O–H groups in total. The molecule has 5 heteroatoms. The van der Waals surface area contributed by atoms with Crippen molar-refractivity contribution in [2.75, 3.05) is 11.1 Å². The highest BCUT2D eigenvalue weighted by atomic mass is 79.9. The predicted octanol–water partition coefficient (Wildman–Crippen LogP) is 2.66. The Morgan fingerprint density at radius 3 is 3.18 bits per heavy atom. The topological polar surface area (TPSA) is 25.8 Å². The van der Waals surface area contributed by atoms with Crippen LogP contribution in [0.25, 0.3) is 0 Å². The second-order valence-corrected chi connectivity index (χ2v) is 4.97. The maximum Gasteiger partial charge on any atom is 0.169 e. The summed E-state index contributed by atoms with van der Waals surface area (Å²) >= 11 is 6.67. The lowest BCUT2D eigenvalue weighted by Crippen LogP contribution is -1.98. The normalized spacial score (nSPS) is 13.3. The largest absolute Gasteiger partial charge is 0.216 e. The summed E-state index contributed by atoms with van der Waals surface area (Å²) in [5, 5.41) is 1.05. The van der Waals surface area contributed by atoms with Crippen molar-refractivity contribution in [3.05, 3.63) is 6.33 Å². The number of rotatable bonds is 4. The summed E-state index contributed by atoms with van der Waals surface area (Å²) in [6.07, 6.45) is 1.60. The van der Waals surface area contributed by atoms with Gasteiger partial charge in [0.1, 0.15) is 6.33 Å². The molecule has 0 spiro atoms. The lowest BCUT2D eigenvalue weighted by molar-refractivity contribution is 0.770. The van der Waals surface area contributed by atoms with Crippen LogP contribution in [0.15, 0.2) is 10.7 Å². The molecule has 1 unspecified atom stereocenters. The van der Waals surface area contributed by atoms with Gasteiger partial charge in [-0.25, -0.2) is 4.98 Å². The van der Waals surface area contributed by atoms with Gasteiger partial charge in [-0.15, -0.1) is 0 Å². The Hall–Kier alpha value is 0.390. The molecule has 1 heterocycles. The lowest BCUT2D eigenvalue weighted by Gasteiger charge is -2.02. The summed E-state index contributed by atoms with van der Waals surface area (Å²) in [6, 6.07) is 0. The van der Waals surface area contributed by atoms with Gasteiger partial charge in [0.05, 0.1) is 0 Å². The highest BCUT2D eigenvalue weighted by molar-refractivity contribution is 9.09. The quantitative estimate of drug-likeness (QED) is 0.609. The molecular formula is C6H9BrN2S2. The number of halogens is 1. The predicted molar refractivity (Wildman–Crippen MR) is 53.6 cm³/mol. The fraction of sp³-hybridized carbons (Fsp3) is 0.667. The van der Waals surface area contributed by atoms with Crippen LogP contribution in [0.1, 0.15) is 6.92 Å². The first-order valence-electron chi connectivity index (χ1n) is 3.28. The molecule has 0 aromatic carbocycles. The minimum atomic E-state index is 0.698. The standard InChI is InChI=1S/C6H9BrN2S2/c1-5(2-7)3-10-6-8-4-9-11-6/h4-5H,2-3H2,1H3. The van der Waals surface area contributed by atoms with Crippen molar-refractivity contribution in [2.24, 2.45) is 5.92 Å². The third-order valence-electron chi connectivity index (χ3n) is 1.10. The van der Waals surface area contributed by atoms with Crippen LogP contribution >= 0.6 is 39.2 Å². The smallest absolute Gasteiger partial charge is 0.169 e. The van der Waals surface area contributed by atoms with Gasteiger partial charge in [-0.2, -0.15) is 4.37 Å². The van der Waals surface area contributed by atoms with Crippen molar-refractivity contribution in [1.29, 1.82) is 0 Å². The molecule has 0 saturated heterocycles. The molecule has 0 aliphatic carbocycles. The van der Waals surface area contributed by atoms with Crippen molar-refractivity contribution >= 4 is 39.2 Å². The first-order chi connectivity index (χ1) is 5.33. The van der Waals surface area contributed by atoms with Crippen molar-refractivity contribution in [3.8, 4) is 0 Å². The van der Waals surface area contributed by atoms with Crippen LogP contribution in [0, 0.1) is 5.92 Å². The average Bonchev–Trinajstić information content (AvgIpc) is 2.52. The van der Waals surface area contributed by atoms with Crippen LogP contribution in [-0.4, -0.2) is 20.4 Å². The molecule has 2 nitrogen and oxygen atoms in total. The van der Waals surface area contributed by atoms with Crippen molar-refractivity contribution in [2.45, 2.75) is 11.3 Å². The van der Waals surface area contributed by atoms with E-state index in [1.807, 2.05) is 0 Å². The Morgan fingerprint density at radius 2 is 2.64 bits per heavy atom. The van der Waals surface area contributed by atoms with Crippen LogP contribution in [0.2, 0.25) is 0 Å². The van der Waals surface area contributed by atoms with Gasteiger partial charge < -0.3 is 0 Å². The molecule has 0 aliphatic rings. The van der Waals surface area contributed by atoms with E-state index in [2.05, 4.69) is 32.2 Å². The average molecular weight is 253 g/mol. The van der Waals surface area contributed by atoms with Gasteiger partial charge in [-0.3, -0.25) is 0 Å². The zero-order valence-corrected chi connectivity index (χ0v) is 9.38. The third-order valence-corrected chi connectivity index (χ3v) is 4.33. The van der Waals surface area contributed by atoms with Crippen molar-refractivity contribution in [1.82, 2.24) is 9.36 Å². The van der Waals surface area contributed by atoms with Gasteiger partial charge in [-0.05, 0) is 17.5 Å². The maximum atomic E-state index is 4.08. The number of thioether (sulfide) groups is 1. The summed E-state index contributed by atoms with van der Waals surface area (Å²) in [5.41, 5.74) is 0. The number of alkyl halides is 1. The van der Waals surface area contributed by atoms with E-state index in [0.717, 1.165) is 15.4 Å². The fourth-order valence-electron chi connectivity index (χ4n) is 0.485. The monoisotopic (exact) mass is 252 g/mol. The third kappa shape index (κ3) is 3.53. The molecule has 0 amide bonds. The number of hydrogen-bond donors (Lipinski definition) is 0. The molecule has 0 radical (unpaired) electrons. The highest BCUT2D eigenvalue weighted by Gasteiger charge is 2.02. The SMILES string of the molecule is CC(CBr)CSc1ncns1. The minimum Gasteiger partial charge on any atom is -0.216 e. The Morgan fingerprint density at radius 1 is 1.82 bits per heavy atom. The molecule has 0 saturated carbocycles. The van der Waals surface area contributed by atoms with E-state index in [1.165, 1.54) is 11.5 Å². The van der Waals surface area contributed by atoms with E-state index in [4.69, 9.17) is 0 Å². The summed E-state index contributed by atoms with van der Waals surface area (Å²) in [6.45, 7) is 2.21. The second-order valence-electron chi connectivity index (χ2n) is 2.28. The van der Waals surface area contributed by atoms with Gasteiger partial charge in [0.2, 0.25) is 0 Å². The zero-order chi connectivity index (χ0) is 8.10. The van der Waals surface area contributed by atoms with Crippen LogP contribution in [-0.2, 0) is 0 Å². The summed E-state index contributed by atoms with van der Waals surface area (Å²) in [7, 11) is 0. The molecule has 62 valence electrons. The number of aromatic nitrogens is 2. The van der Waals surface area contributed by atoms with Gasteiger partial charge in [0, 0.05) is 11.1 Å². The van der Waals surface area contributed by atoms with E-state index >= 15 is 0 Å². The Labute approximate surface area is 83.1 Å². The maximum absolute atomic E-state index is 4.08. The lowest BCUT2D eigenvalue weighted by atomic mass is 10.3. The van der Waals surface area contributed by atoms with Gasteiger partial charge >= 0.3 is 0 Å². The van der Waals surface area contributed by atoms with E-state index in [0.29, 0.717) is 5.92 Å². The van der Waals surface area contributed by atoms with E-state index in [1.54, 1.807) is 18.1 Å². The van der Waals surface area contributed by atoms with Crippen LogP contribution in [0.5, 0.6) is 0 Å². The number of hydrogen-bond acceptors (Lipinski definition) is 4. The molecule has 1 rings (SSSR count). The Balaban J connectivity index is 2.23. The molecule has 1 atom stereocenters. The molecular weight excluding hydrogens is 244 g/mol. The summed E-state index contributed by atoms with van der Waals surface area (Å²) < 4.78 is 4.99.